The lowest BCUT2D eigenvalue weighted by atomic mass is 9.77. The second kappa shape index (κ2) is 4.52. The summed E-state index contributed by atoms with van der Waals surface area (Å²) in [7, 11) is 1.97. The Kier molecular flexibility index (Phi) is 3.29. The fourth-order valence-electron chi connectivity index (χ4n) is 2.63. The van der Waals surface area contributed by atoms with Gasteiger partial charge in [-0.05, 0) is 25.2 Å². The van der Waals surface area contributed by atoms with Gasteiger partial charge in [-0.2, -0.15) is 5.10 Å². The van der Waals surface area contributed by atoms with Crippen LogP contribution in [0.25, 0.3) is 0 Å². The maximum absolute atomic E-state index is 6.25. The van der Waals surface area contributed by atoms with Crippen molar-refractivity contribution in [3.8, 4) is 0 Å². The van der Waals surface area contributed by atoms with Crippen LogP contribution < -0.4 is 0 Å². The van der Waals surface area contributed by atoms with Crippen molar-refractivity contribution in [2.75, 3.05) is 0 Å². The van der Waals surface area contributed by atoms with Gasteiger partial charge in [0.1, 0.15) is 12.2 Å². The van der Waals surface area contributed by atoms with Crippen LogP contribution in [0, 0.1) is 5.92 Å². The number of aromatic nitrogens is 3. The van der Waals surface area contributed by atoms with E-state index < -0.39 is 0 Å². The molecule has 1 aromatic rings. The molecule has 1 aromatic heterocycles. The SMILES string of the molecule is CCC1CCC(Cl)CC1c1ncnn1C. The van der Waals surface area contributed by atoms with Crippen molar-refractivity contribution in [1.82, 2.24) is 14.8 Å². The zero-order chi connectivity index (χ0) is 10.8. The number of hydrogen-bond acceptors (Lipinski definition) is 2. The number of alkyl halides is 1. The summed E-state index contributed by atoms with van der Waals surface area (Å²) in [6.45, 7) is 2.25. The van der Waals surface area contributed by atoms with E-state index in [1.54, 1.807) is 6.33 Å². The molecule has 0 aliphatic heterocycles. The third-order valence-electron chi connectivity index (χ3n) is 3.53. The maximum Gasteiger partial charge on any atom is 0.138 e. The fourth-order valence-corrected chi connectivity index (χ4v) is 2.95. The van der Waals surface area contributed by atoms with E-state index in [1.807, 2.05) is 11.7 Å². The Hall–Kier alpha value is -0.570. The standard InChI is InChI=1S/C11H18ClN3/c1-3-8-4-5-9(12)6-10(8)11-13-7-14-15(11)2/h7-10H,3-6H2,1-2H3. The molecule has 0 bridgehead atoms. The monoisotopic (exact) mass is 227 g/mol. The summed E-state index contributed by atoms with van der Waals surface area (Å²) in [4.78, 5) is 4.37. The highest BCUT2D eigenvalue weighted by molar-refractivity contribution is 6.20. The Morgan fingerprint density at radius 1 is 1.53 bits per heavy atom. The van der Waals surface area contributed by atoms with Gasteiger partial charge in [-0.3, -0.25) is 4.68 Å². The largest absolute Gasteiger partial charge is 0.253 e. The first kappa shape index (κ1) is 10.9. The predicted octanol–water partition coefficient (Wildman–Crippen LogP) is 2.72. The predicted molar refractivity (Wildman–Crippen MR) is 61.0 cm³/mol. The van der Waals surface area contributed by atoms with Crippen LogP contribution in [0.2, 0.25) is 0 Å². The third kappa shape index (κ3) is 2.17. The van der Waals surface area contributed by atoms with Crippen molar-refractivity contribution < 1.29 is 0 Å². The quantitative estimate of drug-likeness (QED) is 0.728. The molecule has 0 N–H and O–H groups in total. The van der Waals surface area contributed by atoms with Gasteiger partial charge in [-0.25, -0.2) is 4.98 Å². The summed E-state index contributed by atoms with van der Waals surface area (Å²) in [5.74, 6) is 2.33. The maximum atomic E-state index is 6.25. The number of halogens is 1. The minimum absolute atomic E-state index is 0.314. The molecular formula is C11H18ClN3. The van der Waals surface area contributed by atoms with Gasteiger partial charge in [-0.1, -0.05) is 13.3 Å². The number of nitrogens with zero attached hydrogens (tertiary/aromatic N) is 3. The average molecular weight is 228 g/mol. The molecule has 1 saturated carbocycles. The second-order valence-corrected chi connectivity index (χ2v) is 5.04. The lowest BCUT2D eigenvalue weighted by molar-refractivity contribution is 0.287. The van der Waals surface area contributed by atoms with E-state index in [9.17, 15) is 0 Å². The highest BCUT2D eigenvalue weighted by Gasteiger charge is 2.32. The Morgan fingerprint density at radius 3 is 2.93 bits per heavy atom. The van der Waals surface area contributed by atoms with E-state index in [4.69, 9.17) is 11.6 Å². The van der Waals surface area contributed by atoms with Gasteiger partial charge in [0.05, 0.1) is 0 Å². The molecule has 0 spiro atoms. The molecule has 84 valence electrons. The summed E-state index contributed by atoms with van der Waals surface area (Å²) in [5, 5.41) is 4.46. The molecule has 3 atom stereocenters. The van der Waals surface area contributed by atoms with E-state index >= 15 is 0 Å². The van der Waals surface area contributed by atoms with E-state index in [0.29, 0.717) is 11.3 Å². The molecule has 15 heavy (non-hydrogen) atoms. The van der Waals surface area contributed by atoms with Crippen LogP contribution in [0.1, 0.15) is 44.3 Å². The zero-order valence-electron chi connectivity index (χ0n) is 9.36. The molecule has 1 aliphatic rings. The van der Waals surface area contributed by atoms with Crippen LogP contribution in [0.15, 0.2) is 6.33 Å². The molecule has 1 heterocycles. The van der Waals surface area contributed by atoms with Gasteiger partial charge < -0.3 is 0 Å². The van der Waals surface area contributed by atoms with Crippen LogP contribution in [0.4, 0.5) is 0 Å². The van der Waals surface area contributed by atoms with Crippen molar-refractivity contribution in [3.05, 3.63) is 12.2 Å². The minimum atomic E-state index is 0.314. The summed E-state index contributed by atoms with van der Waals surface area (Å²) in [6.07, 6.45) is 6.27. The van der Waals surface area contributed by atoms with Crippen LogP contribution in [0.5, 0.6) is 0 Å². The lowest BCUT2D eigenvalue weighted by Crippen LogP contribution is -2.25. The second-order valence-electron chi connectivity index (χ2n) is 4.43. The number of hydrogen-bond donors (Lipinski definition) is 0. The zero-order valence-corrected chi connectivity index (χ0v) is 10.1. The normalized spacial score (nSPS) is 31.8. The summed E-state index contributed by atoms with van der Waals surface area (Å²) in [5.41, 5.74) is 0. The molecule has 2 rings (SSSR count). The van der Waals surface area contributed by atoms with E-state index in [1.165, 1.54) is 12.8 Å². The minimum Gasteiger partial charge on any atom is -0.253 e. The molecule has 4 heteroatoms. The molecule has 1 aliphatic carbocycles. The molecular weight excluding hydrogens is 210 g/mol. The van der Waals surface area contributed by atoms with Gasteiger partial charge >= 0.3 is 0 Å². The fraction of sp³-hybridized carbons (Fsp3) is 0.818. The van der Waals surface area contributed by atoms with E-state index in [0.717, 1.165) is 24.6 Å². The van der Waals surface area contributed by atoms with E-state index in [2.05, 4.69) is 17.0 Å². The number of aryl methyl sites for hydroxylation is 1. The first-order chi connectivity index (χ1) is 7.22. The van der Waals surface area contributed by atoms with Crippen molar-refractivity contribution in [3.63, 3.8) is 0 Å². The Labute approximate surface area is 95.8 Å². The highest BCUT2D eigenvalue weighted by Crippen LogP contribution is 2.40. The third-order valence-corrected chi connectivity index (χ3v) is 3.93. The topological polar surface area (TPSA) is 30.7 Å². The molecule has 0 radical (unpaired) electrons. The van der Waals surface area contributed by atoms with Crippen molar-refractivity contribution in [2.45, 2.75) is 43.9 Å². The molecule has 0 amide bonds. The Bertz CT molecular complexity index is 323. The van der Waals surface area contributed by atoms with Crippen LogP contribution in [-0.2, 0) is 7.05 Å². The Balaban J connectivity index is 2.20. The summed E-state index contributed by atoms with van der Waals surface area (Å²) < 4.78 is 1.89. The van der Waals surface area contributed by atoms with Gasteiger partial charge in [0, 0.05) is 18.3 Å². The molecule has 0 aromatic carbocycles. The lowest BCUT2D eigenvalue weighted by Gasteiger charge is -2.32. The highest BCUT2D eigenvalue weighted by atomic mass is 35.5. The van der Waals surface area contributed by atoms with Crippen molar-refractivity contribution in [1.29, 1.82) is 0 Å². The first-order valence-electron chi connectivity index (χ1n) is 5.70. The van der Waals surface area contributed by atoms with E-state index in [-0.39, 0.29) is 0 Å². The first-order valence-corrected chi connectivity index (χ1v) is 6.14. The van der Waals surface area contributed by atoms with Gasteiger partial charge in [0.25, 0.3) is 0 Å². The van der Waals surface area contributed by atoms with Crippen LogP contribution >= 0.6 is 11.6 Å². The van der Waals surface area contributed by atoms with Crippen molar-refractivity contribution in [2.24, 2.45) is 13.0 Å². The average Bonchev–Trinajstić information content (AvgIpc) is 2.64. The summed E-state index contributed by atoms with van der Waals surface area (Å²) in [6, 6.07) is 0. The van der Waals surface area contributed by atoms with Gasteiger partial charge in [0.15, 0.2) is 0 Å². The van der Waals surface area contributed by atoms with Crippen LogP contribution in [-0.4, -0.2) is 20.1 Å². The molecule has 1 fully saturated rings. The number of rotatable bonds is 2. The molecule has 3 unspecified atom stereocenters. The molecule has 0 saturated heterocycles. The van der Waals surface area contributed by atoms with Crippen LogP contribution in [0.3, 0.4) is 0 Å². The van der Waals surface area contributed by atoms with Gasteiger partial charge in [0.2, 0.25) is 0 Å². The molecule has 3 nitrogen and oxygen atoms in total. The van der Waals surface area contributed by atoms with Crippen molar-refractivity contribution >= 4 is 11.6 Å². The summed E-state index contributed by atoms with van der Waals surface area (Å²) >= 11 is 6.25. The smallest absolute Gasteiger partial charge is 0.138 e. The van der Waals surface area contributed by atoms with Gasteiger partial charge in [-0.15, -0.1) is 11.6 Å². The Morgan fingerprint density at radius 2 is 2.33 bits per heavy atom.